The molecule has 3 N–H and O–H groups in total. The van der Waals surface area contributed by atoms with Gasteiger partial charge in [-0.15, -0.1) is 0 Å². The molecule has 4 aromatic rings. The highest BCUT2D eigenvalue weighted by Gasteiger charge is 2.17. The van der Waals surface area contributed by atoms with Crippen molar-refractivity contribution in [3.05, 3.63) is 83.5 Å². The second-order valence-electron chi connectivity index (χ2n) is 6.75. The first-order chi connectivity index (χ1) is 15.1. The molecular weight excluding hydrogens is 414 g/mol. The van der Waals surface area contributed by atoms with Crippen molar-refractivity contribution in [3.63, 3.8) is 0 Å². The topological polar surface area (TPSA) is 90.5 Å². The predicted molar refractivity (Wildman–Crippen MR) is 121 cm³/mol. The van der Waals surface area contributed by atoms with Crippen LogP contribution in [-0.2, 0) is 6.61 Å². The largest absolute Gasteiger partial charge is 0.507 e. The first-order valence-electron chi connectivity index (χ1n) is 9.52. The maximum absolute atomic E-state index is 10.7. The number of methoxy groups -OCH3 is 1. The van der Waals surface area contributed by atoms with Crippen LogP contribution in [0.4, 0.5) is 5.95 Å². The molecule has 31 heavy (non-hydrogen) atoms. The number of aromatic nitrogens is 2. The van der Waals surface area contributed by atoms with Crippen LogP contribution in [-0.4, -0.2) is 22.2 Å². The normalized spacial score (nSPS) is 10.6. The Balaban J connectivity index is 1.69. The molecule has 0 aliphatic rings. The minimum absolute atomic E-state index is 0.00547. The number of phenols is 1. The molecule has 0 bridgehead atoms. The zero-order valence-corrected chi connectivity index (χ0v) is 17.5. The van der Waals surface area contributed by atoms with Crippen LogP contribution in [0, 0.1) is 0 Å². The zero-order valence-electron chi connectivity index (χ0n) is 16.7. The molecule has 0 spiro atoms. The van der Waals surface area contributed by atoms with Gasteiger partial charge in [0, 0.05) is 39.5 Å². The molecule has 0 radical (unpaired) electrons. The monoisotopic (exact) mass is 433 g/mol. The minimum atomic E-state index is 0.00547. The summed E-state index contributed by atoms with van der Waals surface area (Å²) in [6, 6.07) is 20.0. The smallest absolute Gasteiger partial charge is 0.220 e. The molecule has 0 aliphatic carbocycles. The summed E-state index contributed by atoms with van der Waals surface area (Å²) in [4.78, 5) is 8.51. The Kier molecular flexibility index (Phi) is 5.91. The molecule has 0 saturated carbocycles. The van der Waals surface area contributed by atoms with Crippen molar-refractivity contribution < 1.29 is 14.6 Å². The van der Waals surface area contributed by atoms with Gasteiger partial charge in [-0.25, -0.2) is 9.97 Å². The van der Waals surface area contributed by atoms with Gasteiger partial charge >= 0.3 is 0 Å². The van der Waals surface area contributed by atoms with Crippen molar-refractivity contribution in [1.29, 1.82) is 0 Å². The average molecular weight is 434 g/mol. The van der Waals surface area contributed by atoms with Crippen molar-refractivity contribution in [2.24, 2.45) is 0 Å². The number of halogens is 1. The minimum Gasteiger partial charge on any atom is -0.507 e. The van der Waals surface area contributed by atoms with Crippen LogP contribution < -0.4 is 15.2 Å². The molecule has 3 aromatic carbocycles. The Hall–Kier alpha value is -3.77. The number of ether oxygens (including phenoxy) is 2. The van der Waals surface area contributed by atoms with Gasteiger partial charge in [-0.3, -0.25) is 0 Å². The Morgan fingerprint density at radius 2 is 1.74 bits per heavy atom. The molecule has 0 aliphatic heterocycles. The van der Waals surface area contributed by atoms with Crippen molar-refractivity contribution in [1.82, 2.24) is 9.97 Å². The van der Waals surface area contributed by atoms with E-state index in [9.17, 15) is 5.11 Å². The standard InChI is InChI=1S/C24H20ClN3O3/c1-30-22-9-5-3-7-17(22)19-13-27-24(26)28-23(19)18-11-10-16(12-21(18)29)31-14-15-6-2-4-8-20(15)25/h2-13,29H,14H2,1H3,(H2,26,27,28). The van der Waals surface area contributed by atoms with E-state index < -0.39 is 0 Å². The summed E-state index contributed by atoms with van der Waals surface area (Å²) in [7, 11) is 1.60. The Labute approximate surface area is 184 Å². The lowest BCUT2D eigenvalue weighted by Crippen LogP contribution is -2.00. The number of hydrogen-bond acceptors (Lipinski definition) is 6. The van der Waals surface area contributed by atoms with E-state index in [2.05, 4.69) is 9.97 Å². The number of aromatic hydroxyl groups is 1. The number of phenolic OH excluding ortho intramolecular Hbond substituents is 1. The molecule has 0 atom stereocenters. The van der Waals surface area contributed by atoms with Crippen molar-refractivity contribution in [3.8, 4) is 39.6 Å². The number of benzene rings is 3. The second kappa shape index (κ2) is 8.93. The summed E-state index contributed by atoms with van der Waals surface area (Å²) in [5.41, 5.74) is 9.17. The van der Waals surface area contributed by atoms with E-state index in [-0.39, 0.29) is 18.3 Å². The summed E-state index contributed by atoms with van der Waals surface area (Å²) >= 11 is 6.18. The zero-order chi connectivity index (χ0) is 21.8. The molecule has 4 rings (SSSR count). The third-order valence-electron chi connectivity index (χ3n) is 4.78. The van der Waals surface area contributed by atoms with E-state index in [0.29, 0.717) is 33.3 Å². The first-order valence-corrected chi connectivity index (χ1v) is 9.90. The molecule has 6 nitrogen and oxygen atoms in total. The lowest BCUT2D eigenvalue weighted by atomic mass is 9.99. The Bertz CT molecular complexity index is 1230. The summed E-state index contributed by atoms with van der Waals surface area (Å²) in [6.45, 7) is 0.283. The van der Waals surface area contributed by atoms with Gasteiger partial charge in [0.25, 0.3) is 0 Å². The lowest BCUT2D eigenvalue weighted by Gasteiger charge is -2.14. The highest BCUT2D eigenvalue weighted by Crippen LogP contribution is 2.40. The molecule has 1 aromatic heterocycles. The number of nitrogens with zero attached hydrogens (tertiary/aromatic N) is 2. The van der Waals surface area contributed by atoms with E-state index >= 15 is 0 Å². The van der Waals surface area contributed by atoms with Gasteiger partial charge in [-0.2, -0.15) is 0 Å². The number of rotatable bonds is 6. The average Bonchev–Trinajstić information content (AvgIpc) is 2.78. The van der Waals surface area contributed by atoms with Crippen LogP contribution in [0.25, 0.3) is 22.4 Å². The van der Waals surface area contributed by atoms with Gasteiger partial charge in [0.1, 0.15) is 23.9 Å². The third-order valence-corrected chi connectivity index (χ3v) is 5.15. The van der Waals surface area contributed by atoms with Crippen molar-refractivity contribution in [2.45, 2.75) is 6.61 Å². The number of para-hydroxylation sites is 1. The van der Waals surface area contributed by atoms with Crippen LogP contribution >= 0.6 is 11.6 Å². The summed E-state index contributed by atoms with van der Waals surface area (Å²) in [5.74, 6) is 1.27. The van der Waals surface area contributed by atoms with Crippen molar-refractivity contribution in [2.75, 3.05) is 12.8 Å². The summed E-state index contributed by atoms with van der Waals surface area (Å²) < 4.78 is 11.3. The van der Waals surface area contributed by atoms with E-state index in [1.165, 1.54) is 6.07 Å². The van der Waals surface area contributed by atoms with E-state index in [1.807, 2.05) is 42.5 Å². The Morgan fingerprint density at radius 1 is 0.968 bits per heavy atom. The van der Waals surface area contributed by atoms with Crippen molar-refractivity contribution >= 4 is 17.5 Å². The third kappa shape index (κ3) is 4.39. The SMILES string of the molecule is COc1ccccc1-c1cnc(N)nc1-c1ccc(OCc2ccccc2Cl)cc1O. The van der Waals surface area contributed by atoms with Crippen LogP contribution in [0.3, 0.4) is 0 Å². The second-order valence-corrected chi connectivity index (χ2v) is 7.16. The lowest BCUT2D eigenvalue weighted by molar-refractivity contribution is 0.304. The van der Waals surface area contributed by atoms with Gasteiger partial charge in [-0.1, -0.05) is 48.0 Å². The fraction of sp³-hybridized carbons (Fsp3) is 0.0833. The molecule has 1 heterocycles. The van der Waals surface area contributed by atoms with E-state index in [0.717, 1.165) is 11.1 Å². The predicted octanol–water partition coefficient (Wildman–Crippen LogP) is 5.34. The quantitative estimate of drug-likeness (QED) is 0.426. The van der Waals surface area contributed by atoms with Crippen LogP contribution in [0.1, 0.15) is 5.56 Å². The van der Waals surface area contributed by atoms with Gasteiger partial charge in [0.2, 0.25) is 5.95 Å². The summed E-state index contributed by atoms with van der Waals surface area (Å²) in [6.07, 6.45) is 1.62. The number of anilines is 1. The number of hydrogen-bond donors (Lipinski definition) is 2. The summed E-state index contributed by atoms with van der Waals surface area (Å²) in [5, 5.41) is 11.4. The Morgan fingerprint density at radius 3 is 2.52 bits per heavy atom. The van der Waals surface area contributed by atoms with Crippen LogP contribution in [0.15, 0.2) is 72.9 Å². The highest BCUT2D eigenvalue weighted by molar-refractivity contribution is 6.31. The maximum atomic E-state index is 10.7. The van der Waals surface area contributed by atoms with Gasteiger partial charge in [0.05, 0.1) is 12.8 Å². The van der Waals surface area contributed by atoms with E-state index in [1.54, 1.807) is 31.5 Å². The molecular formula is C24H20ClN3O3. The fourth-order valence-corrected chi connectivity index (χ4v) is 3.43. The molecule has 0 unspecified atom stereocenters. The first kappa shape index (κ1) is 20.5. The molecule has 0 saturated heterocycles. The molecule has 0 fully saturated rings. The number of nitrogen functional groups attached to an aromatic ring is 1. The van der Waals surface area contributed by atoms with Crippen LogP contribution in [0.5, 0.6) is 17.2 Å². The number of nitrogens with two attached hydrogens (primary N) is 1. The molecule has 7 heteroatoms. The van der Waals surface area contributed by atoms with Crippen LogP contribution in [0.2, 0.25) is 5.02 Å². The van der Waals surface area contributed by atoms with E-state index in [4.69, 9.17) is 26.8 Å². The van der Waals surface area contributed by atoms with Gasteiger partial charge < -0.3 is 20.3 Å². The highest BCUT2D eigenvalue weighted by atomic mass is 35.5. The molecule has 156 valence electrons. The fourth-order valence-electron chi connectivity index (χ4n) is 3.24. The van der Waals surface area contributed by atoms with Gasteiger partial charge in [0.15, 0.2) is 0 Å². The van der Waals surface area contributed by atoms with Gasteiger partial charge in [-0.05, 0) is 24.3 Å². The maximum Gasteiger partial charge on any atom is 0.220 e. The molecule has 0 amide bonds.